The van der Waals surface area contributed by atoms with Gasteiger partial charge in [0.15, 0.2) is 0 Å². The first kappa shape index (κ1) is 33.7. The number of ketones is 1. The van der Waals surface area contributed by atoms with Gasteiger partial charge in [0.1, 0.15) is 35.8 Å². The van der Waals surface area contributed by atoms with Gasteiger partial charge in [0.05, 0.1) is 11.5 Å². The number of benzene rings is 1. The molecule has 2 aliphatic carbocycles. The maximum atomic E-state index is 13.5. The van der Waals surface area contributed by atoms with Gasteiger partial charge < -0.3 is 24.1 Å². The van der Waals surface area contributed by atoms with Gasteiger partial charge in [-0.05, 0) is 38.3 Å². The normalized spacial score (nSPS) is 32.4. The van der Waals surface area contributed by atoms with E-state index in [0.29, 0.717) is 0 Å². The molecule has 0 aromatic heterocycles. The molecule has 0 heterocycles. The largest absolute Gasteiger partial charge is 0.459 e. The molecule has 3 rings (SSSR count). The average Bonchev–Trinajstić information content (AvgIpc) is 3.16. The van der Waals surface area contributed by atoms with E-state index >= 15 is 0 Å². The Morgan fingerprint density at radius 2 is 1.49 bits per heavy atom. The molecule has 2 aliphatic rings. The molecule has 1 fully saturated rings. The monoisotopic (exact) mass is 598 g/mol. The molecule has 1 saturated carbocycles. The predicted molar refractivity (Wildman–Crippen MR) is 155 cm³/mol. The number of fused-ring (bicyclic) bond motifs is 1. The van der Waals surface area contributed by atoms with Crippen LogP contribution in [0.2, 0.25) is 0 Å². The summed E-state index contributed by atoms with van der Waals surface area (Å²) in [5.74, 6) is -5.47. The van der Waals surface area contributed by atoms with Gasteiger partial charge in [0, 0.05) is 44.1 Å². The van der Waals surface area contributed by atoms with Crippen molar-refractivity contribution in [3.8, 4) is 0 Å². The minimum absolute atomic E-state index is 0.00781. The van der Waals surface area contributed by atoms with Crippen molar-refractivity contribution >= 4 is 29.7 Å². The Morgan fingerprint density at radius 1 is 0.907 bits per heavy atom. The van der Waals surface area contributed by atoms with Crippen LogP contribution in [0.1, 0.15) is 71.7 Å². The zero-order valence-corrected chi connectivity index (χ0v) is 25.8. The Labute approximate surface area is 252 Å². The number of carbonyl (C=O) groups excluding carboxylic acids is 5. The lowest BCUT2D eigenvalue weighted by molar-refractivity contribution is -0.191. The van der Waals surface area contributed by atoms with E-state index in [1.54, 1.807) is 70.2 Å². The van der Waals surface area contributed by atoms with E-state index in [-0.39, 0.29) is 29.8 Å². The van der Waals surface area contributed by atoms with Crippen LogP contribution in [0.25, 0.3) is 0 Å². The second-order valence-corrected chi connectivity index (χ2v) is 12.2. The van der Waals surface area contributed by atoms with Crippen molar-refractivity contribution in [2.45, 2.75) is 91.3 Å². The van der Waals surface area contributed by atoms with Gasteiger partial charge in [-0.25, -0.2) is 4.79 Å². The quantitative estimate of drug-likeness (QED) is 0.298. The van der Waals surface area contributed by atoms with Gasteiger partial charge in [-0.2, -0.15) is 0 Å². The second-order valence-electron chi connectivity index (χ2n) is 12.2. The maximum absolute atomic E-state index is 13.5. The molecule has 10 nitrogen and oxygen atoms in total. The van der Waals surface area contributed by atoms with Gasteiger partial charge in [-0.15, -0.1) is 0 Å². The van der Waals surface area contributed by atoms with Crippen LogP contribution in [0, 0.1) is 23.2 Å². The highest BCUT2D eigenvalue weighted by Crippen LogP contribution is 2.51. The Hall–Kier alpha value is -3.79. The topological polar surface area (TPSA) is 143 Å². The number of esters is 4. The third-order valence-corrected chi connectivity index (χ3v) is 8.27. The molecule has 0 saturated heterocycles. The molecule has 0 unspecified atom stereocenters. The van der Waals surface area contributed by atoms with Crippen LogP contribution in [0.3, 0.4) is 0 Å². The van der Waals surface area contributed by atoms with Crippen molar-refractivity contribution in [2.75, 3.05) is 0 Å². The van der Waals surface area contributed by atoms with Gasteiger partial charge in [0.2, 0.25) is 0 Å². The lowest BCUT2D eigenvalue weighted by atomic mass is 9.72. The number of allylic oxidation sites excluding steroid dienone is 1. The molecular weight excluding hydrogens is 556 g/mol. The lowest BCUT2D eigenvalue weighted by Gasteiger charge is -2.44. The highest BCUT2D eigenvalue weighted by Gasteiger charge is 2.63. The first-order valence-electron chi connectivity index (χ1n) is 14.4. The highest BCUT2D eigenvalue weighted by atomic mass is 16.6. The lowest BCUT2D eigenvalue weighted by Crippen LogP contribution is -2.58. The molecular formula is C33H42O10. The first-order chi connectivity index (χ1) is 20.0. The molecule has 1 N–H and O–H groups in total. The van der Waals surface area contributed by atoms with Crippen molar-refractivity contribution in [1.29, 1.82) is 0 Å². The molecule has 0 radical (unpaired) electrons. The zero-order chi connectivity index (χ0) is 32.3. The third-order valence-electron chi connectivity index (χ3n) is 8.27. The van der Waals surface area contributed by atoms with E-state index in [0.717, 1.165) is 6.92 Å². The summed E-state index contributed by atoms with van der Waals surface area (Å²) in [6, 6.07) is 8.26. The number of aliphatic hydroxyl groups is 1. The van der Waals surface area contributed by atoms with Gasteiger partial charge in [0.25, 0.3) is 0 Å². The minimum Gasteiger partial charge on any atom is -0.459 e. The summed E-state index contributed by atoms with van der Waals surface area (Å²) in [5, 5.41) is 12.6. The number of rotatable bonds is 5. The smallest absolute Gasteiger partial charge is 0.338 e. The van der Waals surface area contributed by atoms with E-state index in [1.165, 1.54) is 13.8 Å². The molecule has 234 valence electrons. The van der Waals surface area contributed by atoms with Crippen LogP contribution in [0.4, 0.5) is 0 Å². The number of ether oxygens (including phenoxy) is 4. The molecule has 10 heteroatoms. The van der Waals surface area contributed by atoms with E-state index in [2.05, 4.69) is 6.58 Å². The number of hydrogen-bond acceptors (Lipinski definition) is 10. The van der Waals surface area contributed by atoms with Crippen molar-refractivity contribution in [2.24, 2.45) is 23.2 Å². The van der Waals surface area contributed by atoms with Crippen LogP contribution in [-0.4, -0.2) is 64.8 Å². The Balaban J connectivity index is 2.29. The summed E-state index contributed by atoms with van der Waals surface area (Å²) >= 11 is 0. The molecule has 1 aromatic rings. The first-order valence-corrected chi connectivity index (χ1v) is 14.4. The fraction of sp³-hybridized carbons (Fsp3) is 0.545. The maximum Gasteiger partial charge on any atom is 0.338 e. The molecule has 0 aliphatic heterocycles. The molecule has 8 atom stereocenters. The van der Waals surface area contributed by atoms with E-state index in [9.17, 15) is 29.1 Å². The molecule has 0 spiro atoms. The SMILES string of the molecule is C=C1[C@@H](OC(C)=O)CC(=O)C(C)(C)C=C[C@H](C)[C@H](OC(C)=O)[C@]2(O)C[C@@H](C)[C@@H](OC(=O)c3ccccc3)[C@H]2[C@@H]1OC(C)=O. The Morgan fingerprint density at radius 3 is 2.05 bits per heavy atom. The summed E-state index contributed by atoms with van der Waals surface area (Å²) in [6.07, 6.45) is -1.87. The van der Waals surface area contributed by atoms with Crippen LogP contribution in [0.15, 0.2) is 54.6 Å². The minimum atomic E-state index is -1.92. The van der Waals surface area contributed by atoms with Crippen molar-refractivity contribution in [3.63, 3.8) is 0 Å². The summed E-state index contributed by atoms with van der Waals surface area (Å²) in [7, 11) is 0. The predicted octanol–water partition coefficient (Wildman–Crippen LogP) is 4.14. The van der Waals surface area contributed by atoms with E-state index in [4.69, 9.17) is 18.9 Å². The fourth-order valence-electron chi connectivity index (χ4n) is 6.15. The molecule has 1 aromatic carbocycles. The second kappa shape index (κ2) is 13.2. The van der Waals surface area contributed by atoms with Gasteiger partial charge >= 0.3 is 23.9 Å². The average molecular weight is 599 g/mol. The summed E-state index contributed by atoms with van der Waals surface area (Å²) < 4.78 is 23.1. The summed E-state index contributed by atoms with van der Waals surface area (Å²) in [6.45, 7) is 14.5. The van der Waals surface area contributed by atoms with E-state index in [1.807, 2.05) is 0 Å². The van der Waals surface area contributed by atoms with Crippen LogP contribution >= 0.6 is 0 Å². The van der Waals surface area contributed by atoms with E-state index < -0.39 is 77.1 Å². The molecule has 0 bridgehead atoms. The van der Waals surface area contributed by atoms with Crippen molar-refractivity contribution in [1.82, 2.24) is 0 Å². The molecule has 43 heavy (non-hydrogen) atoms. The number of hydrogen-bond donors (Lipinski definition) is 1. The standard InChI is InChI=1S/C33H42O10/c1-18-14-15-32(7,8)26(37)16-25(40-21(4)34)20(3)29(41-22(5)35)27-28(43-31(38)24-12-10-9-11-13-24)19(2)17-33(27,39)30(18)42-23(6)36/h9-15,18-19,25,27-30,39H,3,16-17H2,1-2,4-8H3/t18-,19+,25-,27-,28+,29+,30-,33-/m0/s1. The zero-order valence-electron chi connectivity index (χ0n) is 25.8. The van der Waals surface area contributed by atoms with Crippen molar-refractivity contribution < 1.29 is 48.0 Å². The van der Waals surface area contributed by atoms with Crippen LogP contribution in [0.5, 0.6) is 0 Å². The molecule has 0 amide bonds. The number of Topliss-reactive ketones (excluding diaryl/α,β-unsaturated/α-hetero) is 1. The van der Waals surface area contributed by atoms with Gasteiger partial charge in [-0.3, -0.25) is 19.2 Å². The summed E-state index contributed by atoms with van der Waals surface area (Å²) in [4.78, 5) is 64.0. The fourth-order valence-corrected chi connectivity index (χ4v) is 6.15. The number of carbonyl (C=O) groups is 5. The Bertz CT molecular complexity index is 1280. The highest BCUT2D eigenvalue weighted by molar-refractivity contribution is 5.89. The Kier molecular flexibility index (Phi) is 10.4. The van der Waals surface area contributed by atoms with Crippen LogP contribution in [-0.2, 0) is 38.1 Å². The summed E-state index contributed by atoms with van der Waals surface area (Å²) in [5.41, 5.74) is -2.68. The third kappa shape index (κ3) is 7.60. The van der Waals surface area contributed by atoms with Gasteiger partial charge in [-0.1, -0.05) is 50.8 Å². The van der Waals surface area contributed by atoms with Crippen molar-refractivity contribution in [3.05, 3.63) is 60.2 Å². The van der Waals surface area contributed by atoms with Crippen LogP contribution < -0.4 is 0 Å².